The Morgan fingerprint density at radius 3 is 2.79 bits per heavy atom. The van der Waals surface area contributed by atoms with Crippen LogP contribution in [0.1, 0.15) is 26.7 Å². The number of nitro groups is 1. The first-order chi connectivity index (χ1) is 16.3. The molecule has 0 saturated carbocycles. The molecule has 2 aromatic carbocycles. The SMILES string of the molecule is CCNC(=O)Oc1cc(F)ccc1OCCCC(C)Nc1c([N+](=O)[O-])cnc2ccc(Br)cc12. The van der Waals surface area contributed by atoms with Crippen molar-refractivity contribution in [1.29, 1.82) is 0 Å². The Labute approximate surface area is 203 Å². The topological polar surface area (TPSA) is 116 Å². The smallest absolute Gasteiger partial charge is 0.412 e. The van der Waals surface area contributed by atoms with Gasteiger partial charge in [0, 0.05) is 28.5 Å². The fourth-order valence-corrected chi connectivity index (χ4v) is 3.66. The van der Waals surface area contributed by atoms with E-state index in [2.05, 4.69) is 31.5 Å². The Kier molecular flexibility index (Phi) is 8.58. The fourth-order valence-electron chi connectivity index (χ4n) is 3.30. The van der Waals surface area contributed by atoms with Gasteiger partial charge in [-0.25, -0.2) is 14.2 Å². The molecule has 0 fully saturated rings. The van der Waals surface area contributed by atoms with E-state index in [1.165, 1.54) is 18.3 Å². The predicted molar refractivity (Wildman–Crippen MR) is 130 cm³/mol. The van der Waals surface area contributed by atoms with Crippen molar-refractivity contribution in [3.05, 3.63) is 63.0 Å². The highest BCUT2D eigenvalue weighted by Crippen LogP contribution is 2.34. The number of fused-ring (bicyclic) bond motifs is 1. The summed E-state index contributed by atoms with van der Waals surface area (Å²) in [5.41, 5.74) is 0.941. The molecule has 34 heavy (non-hydrogen) atoms. The molecule has 0 bridgehead atoms. The van der Waals surface area contributed by atoms with E-state index in [9.17, 15) is 19.3 Å². The number of hydrogen-bond donors (Lipinski definition) is 2. The van der Waals surface area contributed by atoms with Crippen LogP contribution < -0.4 is 20.1 Å². The third-order valence-electron chi connectivity index (χ3n) is 4.87. The van der Waals surface area contributed by atoms with Gasteiger partial charge in [-0.05, 0) is 57.0 Å². The highest BCUT2D eigenvalue weighted by atomic mass is 79.9. The van der Waals surface area contributed by atoms with Crippen LogP contribution in [0.2, 0.25) is 0 Å². The first-order valence-corrected chi connectivity index (χ1v) is 11.4. The van der Waals surface area contributed by atoms with Gasteiger partial charge in [-0.2, -0.15) is 0 Å². The van der Waals surface area contributed by atoms with Crippen LogP contribution in [-0.2, 0) is 0 Å². The van der Waals surface area contributed by atoms with Gasteiger partial charge >= 0.3 is 11.8 Å². The summed E-state index contributed by atoms with van der Waals surface area (Å²) in [6.07, 6.45) is 1.77. The maximum atomic E-state index is 13.6. The number of hydrogen-bond acceptors (Lipinski definition) is 7. The van der Waals surface area contributed by atoms with E-state index in [-0.39, 0.29) is 29.8 Å². The zero-order valence-corrected chi connectivity index (χ0v) is 20.2. The largest absolute Gasteiger partial charge is 0.490 e. The summed E-state index contributed by atoms with van der Waals surface area (Å²) in [6, 6.07) is 8.98. The number of aromatic nitrogens is 1. The van der Waals surface area contributed by atoms with Gasteiger partial charge in [0.1, 0.15) is 17.7 Å². The van der Waals surface area contributed by atoms with Crippen LogP contribution in [0.15, 0.2) is 47.1 Å². The second kappa shape index (κ2) is 11.6. The number of benzene rings is 2. The van der Waals surface area contributed by atoms with E-state index in [0.29, 0.717) is 36.0 Å². The van der Waals surface area contributed by atoms with Crippen LogP contribution in [0, 0.1) is 15.9 Å². The summed E-state index contributed by atoms with van der Waals surface area (Å²) in [5.74, 6) is -0.322. The molecule has 11 heteroatoms. The normalized spacial score (nSPS) is 11.6. The minimum atomic E-state index is -0.700. The zero-order valence-electron chi connectivity index (χ0n) is 18.6. The van der Waals surface area contributed by atoms with Crippen molar-refractivity contribution in [2.24, 2.45) is 0 Å². The average Bonchev–Trinajstić information content (AvgIpc) is 2.78. The quantitative estimate of drug-likeness (QED) is 0.191. The fraction of sp³-hybridized carbons (Fsp3) is 0.304. The molecule has 0 radical (unpaired) electrons. The van der Waals surface area contributed by atoms with Crippen LogP contribution in [-0.4, -0.2) is 35.2 Å². The lowest BCUT2D eigenvalue weighted by molar-refractivity contribution is -0.384. The van der Waals surface area contributed by atoms with E-state index >= 15 is 0 Å². The summed E-state index contributed by atoms with van der Waals surface area (Å²) in [7, 11) is 0. The van der Waals surface area contributed by atoms with Crippen molar-refractivity contribution in [1.82, 2.24) is 10.3 Å². The minimum absolute atomic E-state index is 0.0124. The van der Waals surface area contributed by atoms with Crippen molar-refractivity contribution in [2.75, 3.05) is 18.5 Å². The van der Waals surface area contributed by atoms with Gasteiger partial charge in [0.05, 0.1) is 17.0 Å². The van der Waals surface area contributed by atoms with Crippen LogP contribution >= 0.6 is 15.9 Å². The summed E-state index contributed by atoms with van der Waals surface area (Å²) >= 11 is 3.40. The molecule has 3 aromatic rings. The Morgan fingerprint density at radius 2 is 2.06 bits per heavy atom. The molecule has 0 spiro atoms. The van der Waals surface area contributed by atoms with Crippen molar-refractivity contribution in [2.45, 2.75) is 32.7 Å². The first kappa shape index (κ1) is 25.2. The number of amides is 1. The lowest BCUT2D eigenvalue weighted by Gasteiger charge is -2.17. The van der Waals surface area contributed by atoms with Gasteiger partial charge in [0.15, 0.2) is 11.5 Å². The Bertz CT molecular complexity index is 1190. The molecule has 180 valence electrons. The predicted octanol–water partition coefficient (Wildman–Crippen LogP) is 5.81. The summed E-state index contributed by atoms with van der Waals surface area (Å²) in [6.45, 7) is 4.29. The van der Waals surface area contributed by atoms with Crippen LogP contribution in [0.25, 0.3) is 10.9 Å². The lowest BCUT2D eigenvalue weighted by atomic mass is 10.1. The van der Waals surface area contributed by atoms with Crippen LogP contribution in [0.4, 0.5) is 20.6 Å². The molecule has 9 nitrogen and oxygen atoms in total. The van der Waals surface area contributed by atoms with Gasteiger partial charge in [-0.15, -0.1) is 0 Å². The number of carbonyl (C=O) groups is 1. The molecule has 1 aromatic heterocycles. The third kappa shape index (κ3) is 6.53. The zero-order chi connectivity index (χ0) is 24.7. The number of nitrogens with one attached hydrogen (secondary N) is 2. The number of pyridine rings is 1. The van der Waals surface area contributed by atoms with E-state index in [0.717, 1.165) is 10.5 Å². The standard InChI is InChI=1S/C23H24BrFN4O5/c1-3-26-23(30)34-21-12-16(25)7-9-20(21)33-10-4-5-14(2)28-22-17-11-15(24)6-8-18(17)27-13-19(22)29(31)32/h6-9,11-14H,3-5,10H2,1-2H3,(H,26,30)(H,27,28). The van der Waals surface area contributed by atoms with E-state index in [1.54, 1.807) is 19.1 Å². The number of rotatable bonds is 10. The van der Waals surface area contributed by atoms with Gasteiger partial charge < -0.3 is 20.1 Å². The van der Waals surface area contributed by atoms with Crippen molar-refractivity contribution in [3.8, 4) is 11.5 Å². The number of ether oxygens (including phenoxy) is 2. The number of anilines is 1. The Hall–Kier alpha value is -3.47. The molecule has 0 saturated heterocycles. The van der Waals surface area contributed by atoms with Crippen molar-refractivity contribution >= 4 is 44.3 Å². The molecular formula is C23H24BrFN4O5. The van der Waals surface area contributed by atoms with E-state index in [4.69, 9.17) is 9.47 Å². The van der Waals surface area contributed by atoms with Gasteiger partial charge in [-0.3, -0.25) is 10.1 Å². The highest BCUT2D eigenvalue weighted by Gasteiger charge is 2.20. The molecule has 1 heterocycles. The van der Waals surface area contributed by atoms with Gasteiger partial charge in [-0.1, -0.05) is 15.9 Å². The molecule has 0 aliphatic heterocycles. The van der Waals surface area contributed by atoms with Gasteiger partial charge in [0.25, 0.3) is 0 Å². The third-order valence-corrected chi connectivity index (χ3v) is 5.36. The monoisotopic (exact) mass is 534 g/mol. The van der Waals surface area contributed by atoms with Gasteiger partial charge in [0.2, 0.25) is 0 Å². The summed E-state index contributed by atoms with van der Waals surface area (Å²) < 4.78 is 25.2. The number of nitrogens with zero attached hydrogens (tertiary/aromatic N) is 2. The summed E-state index contributed by atoms with van der Waals surface area (Å²) in [5, 5.41) is 17.9. The average molecular weight is 535 g/mol. The molecule has 2 N–H and O–H groups in total. The molecule has 1 unspecified atom stereocenters. The maximum absolute atomic E-state index is 13.6. The van der Waals surface area contributed by atoms with Crippen molar-refractivity contribution < 1.29 is 23.6 Å². The minimum Gasteiger partial charge on any atom is -0.490 e. The molecule has 1 amide bonds. The summed E-state index contributed by atoms with van der Waals surface area (Å²) in [4.78, 5) is 26.9. The number of carbonyl (C=O) groups excluding carboxylic acids is 1. The number of halogens is 2. The van der Waals surface area contributed by atoms with Crippen LogP contribution in [0.5, 0.6) is 11.5 Å². The Balaban J connectivity index is 1.63. The van der Waals surface area contributed by atoms with Crippen molar-refractivity contribution in [3.63, 3.8) is 0 Å². The maximum Gasteiger partial charge on any atom is 0.412 e. The molecule has 0 aliphatic rings. The second-order valence-electron chi connectivity index (χ2n) is 7.48. The first-order valence-electron chi connectivity index (χ1n) is 10.7. The molecule has 3 rings (SSSR count). The van der Waals surface area contributed by atoms with E-state index in [1.807, 2.05) is 13.0 Å². The Morgan fingerprint density at radius 1 is 1.26 bits per heavy atom. The second-order valence-corrected chi connectivity index (χ2v) is 8.40. The highest BCUT2D eigenvalue weighted by molar-refractivity contribution is 9.10. The van der Waals surface area contributed by atoms with Crippen LogP contribution in [0.3, 0.4) is 0 Å². The molecular weight excluding hydrogens is 511 g/mol. The van der Waals surface area contributed by atoms with E-state index < -0.39 is 16.8 Å². The molecule has 1 atom stereocenters. The lowest BCUT2D eigenvalue weighted by Crippen LogP contribution is -2.26. The molecule has 0 aliphatic carbocycles.